The average molecular weight is 505 g/mol. The van der Waals surface area contributed by atoms with Gasteiger partial charge in [-0.15, -0.1) is 11.6 Å². The minimum absolute atomic E-state index is 0.0683. The van der Waals surface area contributed by atoms with Crippen molar-refractivity contribution in [3.05, 3.63) is 57.6 Å². The molecule has 0 saturated heterocycles. The predicted octanol–water partition coefficient (Wildman–Crippen LogP) is 9.20. The van der Waals surface area contributed by atoms with Crippen molar-refractivity contribution in [1.29, 1.82) is 0 Å². The first-order chi connectivity index (χ1) is 15.2. The normalized spacial score (nSPS) is 19.4. The Morgan fingerprint density at radius 1 is 0.618 bits per heavy atom. The van der Waals surface area contributed by atoms with Gasteiger partial charge in [0.05, 0.1) is 5.38 Å². The molecule has 2 aromatic carbocycles. The number of rotatable bonds is 0. The molecule has 0 bridgehead atoms. The Kier molecular flexibility index (Phi) is 6.97. The Morgan fingerprint density at radius 2 is 0.941 bits per heavy atom. The monoisotopic (exact) mass is 504 g/mol. The van der Waals surface area contributed by atoms with E-state index in [4.69, 9.17) is 20.6 Å². The first kappa shape index (κ1) is 27.3. The molecule has 1 heterocycles. The Bertz CT molecular complexity index is 994. The molecule has 1 N–H and O–H groups in total. The van der Waals surface area contributed by atoms with E-state index in [0.29, 0.717) is 11.5 Å². The van der Waals surface area contributed by atoms with Crippen molar-refractivity contribution in [3.8, 4) is 11.5 Å². The zero-order chi connectivity index (χ0) is 26.0. The summed E-state index contributed by atoms with van der Waals surface area (Å²) in [6.07, 6.45) is 0. The second-order valence-electron chi connectivity index (χ2n) is 13.7. The quantitative estimate of drug-likeness (QED) is 0.287. The van der Waals surface area contributed by atoms with Gasteiger partial charge in [0.1, 0.15) is 11.5 Å². The Labute approximate surface area is 213 Å². The third-order valence-electron chi connectivity index (χ3n) is 6.47. The molecule has 2 aromatic rings. The Morgan fingerprint density at radius 3 is 1.21 bits per heavy atom. The van der Waals surface area contributed by atoms with E-state index in [1.165, 1.54) is 11.1 Å². The molecule has 188 valence electrons. The molecule has 1 aliphatic rings. The van der Waals surface area contributed by atoms with Crippen molar-refractivity contribution in [2.75, 3.05) is 0 Å². The molecule has 0 aliphatic carbocycles. The molecule has 0 amide bonds. The molecular formula is C29H42ClO3P. The minimum Gasteiger partial charge on any atom is -0.417 e. The van der Waals surface area contributed by atoms with Crippen molar-refractivity contribution in [3.63, 3.8) is 0 Å². The van der Waals surface area contributed by atoms with Gasteiger partial charge in [-0.2, -0.15) is 0 Å². The smallest absolute Gasteiger partial charge is 0.417 e. The van der Waals surface area contributed by atoms with Gasteiger partial charge in [-0.25, -0.2) is 0 Å². The third-order valence-corrected chi connectivity index (χ3v) is 7.62. The van der Waals surface area contributed by atoms with Crippen molar-refractivity contribution in [1.82, 2.24) is 0 Å². The summed E-state index contributed by atoms with van der Waals surface area (Å²) in [6, 6.07) is 8.70. The van der Waals surface area contributed by atoms with Gasteiger partial charge in [-0.3, -0.25) is 0 Å². The van der Waals surface area contributed by atoms with E-state index in [1.807, 2.05) is 0 Å². The fourth-order valence-corrected chi connectivity index (χ4v) is 5.29. The van der Waals surface area contributed by atoms with Crippen LogP contribution in [0.1, 0.15) is 122 Å². The van der Waals surface area contributed by atoms with Crippen LogP contribution in [0.4, 0.5) is 0 Å². The highest BCUT2D eigenvalue weighted by Gasteiger charge is 2.37. The van der Waals surface area contributed by atoms with Crippen molar-refractivity contribution < 1.29 is 13.9 Å². The highest BCUT2D eigenvalue weighted by atomic mass is 35.5. The highest BCUT2D eigenvalue weighted by Crippen LogP contribution is 2.55. The summed E-state index contributed by atoms with van der Waals surface area (Å²) < 4.78 is 12.3. The van der Waals surface area contributed by atoms with E-state index in [1.54, 1.807) is 0 Å². The number of halogens is 1. The standard InChI is InChI=1S/C29H42ClO3P/c1-26(2,3)17-13-19-23(30)20-14-18(27(4,5)6)16-22(29(10,11)12)25(20)33-34(31)32-24(19)21(15-17)28(7,8)9/h13-16,23,31H,1-12H3. The molecule has 0 aromatic heterocycles. The highest BCUT2D eigenvalue weighted by molar-refractivity contribution is 7.41. The van der Waals surface area contributed by atoms with Crippen LogP contribution in [0, 0.1) is 0 Å². The SMILES string of the molecule is CC(C)(C)c1cc2c(c(C(C)(C)C)c1)OP(O)Oc1c(cc(C(C)(C)C)cc1C(C)(C)C)C2Cl. The van der Waals surface area contributed by atoms with Gasteiger partial charge in [0.25, 0.3) is 0 Å². The summed E-state index contributed by atoms with van der Waals surface area (Å²) >= 11 is 7.36. The Balaban J connectivity index is 2.44. The lowest BCUT2D eigenvalue weighted by Crippen LogP contribution is -2.22. The van der Waals surface area contributed by atoms with Gasteiger partial charge in [-0.1, -0.05) is 95.2 Å². The minimum atomic E-state index is -2.19. The molecular weight excluding hydrogens is 463 g/mol. The van der Waals surface area contributed by atoms with Gasteiger partial charge in [0.15, 0.2) is 0 Å². The lowest BCUT2D eigenvalue weighted by molar-refractivity contribution is 0.363. The lowest BCUT2D eigenvalue weighted by Gasteiger charge is -2.35. The summed E-state index contributed by atoms with van der Waals surface area (Å²) in [6.45, 7) is 26.2. The summed E-state index contributed by atoms with van der Waals surface area (Å²) in [5, 5.41) is -0.486. The Hall–Kier alpha value is -1.28. The molecule has 0 radical (unpaired) electrons. The molecule has 34 heavy (non-hydrogen) atoms. The molecule has 3 nitrogen and oxygen atoms in total. The second-order valence-corrected chi connectivity index (χ2v) is 14.9. The van der Waals surface area contributed by atoms with Gasteiger partial charge in [0, 0.05) is 22.3 Å². The molecule has 0 atom stereocenters. The van der Waals surface area contributed by atoms with E-state index in [0.717, 1.165) is 22.3 Å². The van der Waals surface area contributed by atoms with Crippen LogP contribution in [0.15, 0.2) is 24.3 Å². The number of hydrogen-bond acceptors (Lipinski definition) is 3. The van der Waals surface area contributed by atoms with Crippen LogP contribution in [0.3, 0.4) is 0 Å². The fraction of sp³-hybridized carbons (Fsp3) is 0.586. The molecule has 3 rings (SSSR count). The third kappa shape index (κ3) is 5.43. The summed E-state index contributed by atoms with van der Waals surface area (Å²) in [7, 11) is -2.19. The largest absolute Gasteiger partial charge is 0.460 e. The van der Waals surface area contributed by atoms with Crippen molar-refractivity contribution >= 4 is 20.2 Å². The molecule has 0 fully saturated rings. The molecule has 0 saturated carbocycles. The second kappa shape index (κ2) is 8.68. The van der Waals surface area contributed by atoms with Gasteiger partial charge in [0.2, 0.25) is 0 Å². The average Bonchev–Trinajstić information content (AvgIpc) is 2.63. The van der Waals surface area contributed by atoms with E-state index in [-0.39, 0.29) is 21.7 Å². The summed E-state index contributed by atoms with van der Waals surface area (Å²) in [5.74, 6) is 1.27. The number of alkyl halides is 1. The van der Waals surface area contributed by atoms with E-state index >= 15 is 0 Å². The van der Waals surface area contributed by atoms with Crippen LogP contribution in [0.5, 0.6) is 11.5 Å². The van der Waals surface area contributed by atoms with Crippen LogP contribution < -0.4 is 9.05 Å². The van der Waals surface area contributed by atoms with Gasteiger partial charge in [-0.05, 0) is 44.9 Å². The van der Waals surface area contributed by atoms with E-state index < -0.39 is 14.0 Å². The summed E-state index contributed by atoms with van der Waals surface area (Å²) in [5.41, 5.74) is 5.66. The van der Waals surface area contributed by atoms with Crippen molar-refractivity contribution in [2.24, 2.45) is 0 Å². The maximum absolute atomic E-state index is 11.0. The maximum atomic E-state index is 11.0. The molecule has 5 heteroatoms. The van der Waals surface area contributed by atoms with Crippen LogP contribution >= 0.6 is 20.2 Å². The number of fused-ring (bicyclic) bond motifs is 2. The summed E-state index contributed by atoms with van der Waals surface area (Å²) in [4.78, 5) is 11.0. The van der Waals surface area contributed by atoms with Crippen LogP contribution in [-0.4, -0.2) is 4.89 Å². The van der Waals surface area contributed by atoms with E-state index in [2.05, 4.69) is 107 Å². The fourth-order valence-electron chi connectivity index (χ4n) is 4.21. The molecule has 1 aliphatic heterocycles. The van der Waals surface area contributed by atoms with Crippen LogP contribution in [0.25, 0.3) is 0 Å². The van der Waals surface area contributed by atoms with Crippen LogP contribution in [-0.2, 0) is 21.7 Å². The number of hydrogen-bond donors (Lipinski definition) is 1. The molecule has 0 spiro atoms. The first-order valence-electron chi connectivity index (χ1n) is 12.1. The number of benzene rings is 2. The zero-order valence-electron chi connectivity index (χ0n) is 23.0. The van der Waals surface area contributed by atoms with Crippen LogP contribution in [0.2, 0.25) is 0 Å². The lowest BCUT2D eigenvalue weighted by atomic mass is 9.76. The van der Waals surface area contributed by atoms with Gasteiger partial charge < -0.3 is 13.9 Å². The van der Waals surface area contributed by atoms with E-state index in [9.17, 15) is 4.89 Å². The first-order valence-corrected chi connectivity index (χ1v) is 13.6. The van der Waals surface area contributed by atoms with Gasteiger partial charge >= 0.3 is 8.60 Å². The maximum Gasteiger partial charge on any atom is 0.460 e. The predicted molar refractivity (Wildman–Crippen MR) is 146 cm³/mol. The topological polar surface area (TPSA) is 38.7 Å². The zero-order valence-corrected chi connectivity index (χ0v) is 24.6. The molecule has 0 unspecified atom stereocenters. The van der Waals surface area contributed by atoms with Crippen molar-refractivity contribution in [2.45, 2.75) is 110 Å².